The van der Waals surface area contributed by atoms with Crippen molar-refractivity contribution < 1.29 is 24.2 Å². The van der Waals surface area contributed by atoms with Crippen molar-refractivity contribution in [2.75, 3.05) is 32.2 Å². The van der Waals surface area contributed by atoms with E-state index < -0.39 is 17.7 Å². The number of amides is 1. The molecule has 0 bridgehead atoms. The number of anilines is 1. The molecule has 0 radical (unpaired) electrons. The topological polar surface area (TPSA) is 92.2 Å². The summed E-state index contributed by atoms with van der Waals surface area (Å²) in [5, 5.41) is 11.4. The first-order valence-electron chi connectivity index (χ1n) is 11.3. The summed E-state index contributed by atoms with van der Waals surface area (Å²) < 4.78 is 10.9. The van der Waals surface area contributed by atoms with Crippen molar-refractivity contribution in [1.82, 2.24) is 9.88 Å². The summed E-state index contributed by atoms with van der Waals surface area (Å²) in [6.45, 7) is 1.45. The van der Waals surface area contributed by atoms with Crippen LogP contribution in [0.3, 0.4) is 0 Å². The number of aliphatic hydroxyl groups excluding tert-OH is 1. The van der Waals surface area contributed by atoms with Gasteiger partial charge in [0.1, 0.15) is 29.9 Å². The number of Topliss-reactive ketones (excluding diaryl/α,β-unsaturated/α-hetero) is 1. The molecule has 0 saturated carbocycles. The van der Waals surface area contributed by atoms with Crippen LogP contribution in [-0.2, 0) is 16.1 Å². The molecule has 1 saturated heterocycles. The predicted octanol–water partition coefficient (Wildman–Crippen LogP) is 3.54. The van der Waals surface area contributed by atoms with E-state index in [0.717, 1.165) is 11.3 Å². The summed E-state index contributed by atoms with van der Waals surface area (Å²) in [4.78, 5) is 34.4. The Morgan fingerprint density at radius 1 is 1.14 bits per heavy atom. The van der Waals surface area contributed by atoms with Gasteiger partial charge in [-0.25, -0.2) is 0 Å². The van der Waals surface area contributed by atoms with Gasteiger partial charge in [-0.15, -0.1) is 0 Å². The van der Waals surface area contributed by atoms with Gasteiger partial charge >= 0.3 is 0 Å². The van der Waals surface area contributed by atoms with Gasteiger partial charge in [0.2, 0.25) is 0 Å². The van der Waals surface area contributed by atoms with Crippen molar-refractivity contribution in [3.63, 3.8) is 0 Å². The number of ketones is 1. The zero-order valence-electron chi connectivity index (χ0n) is 19.5. The van der Waals surface area contributed by atoms with Gasteiger partial charge in [-0.05, 0) is 48.0 Å². The fourth-order valence-electron chi connectivity index (χ4n) is 4.47. The summed E-state index contributed by atoms with van der Waals surface area (Å²) >= 11 is 0. The number of ether oxygens (including phenoxy) is 2. The van der Waals surface area contributed by atoms with Crippen LogP contribution in [0.15, 0.2) is 72.4 Å². The second-order valence-corrected chi connectivity index (χ2v) is 8.48. The van der Waals surface area contributed by atoms with Gasteiger partial charge in [0, 0.05) is 25.4 Å². The molecule has 2 aromatic carbocycles. The molecule has 0 aliphatic carbocycles. The van der Waals surface area contributed by atoms with Crippen LogP contribution in [0.5, 0.6) is 11.5 Å². The lowest BCUT2D eigenvalue weighted by Gasteiger charge is -2.28. The third-order valence-electron chi connectivity index (χ3n) is 6.35. The molecule has 1 unspecified atom stereocenters. The van der Waals surface area contributed by atoms with Crippen molar-refractivity contribution in [2.45, 2.75) is 12.6 Å². The second kappa shape index (κ2) is 9.13. The molecule has 1 atom stereocenters. The number of nitrogens with zero attached hydrogens (tertiary/aromatic N) is 3. The van der Waals surface area contributed by atoms with Crippen LogP contribution in [0.4, 0.5) is 5.69 Å². The van der Waals surface area contributed by atoms with Gasteiger partial charge < -0.3 is 24.4 Å². The number of fused-ring (bicyclic) bond motifs is 1. The second-order valence-electron chi connectivity index (χ2n) is 8.48. The van der Waals surface area contributed by atoms with E-state index in [4.69, 9.17) is 9.47 Å². The van der Waals surface area contributed by atoms with Gasteiger partial charge in [-0.3, -0.25) is 14.6 Å². The largest absolute Gasteiger partial charge is 0.507 e. The Kier molecular flexibility index (Phi) is 5.86. The Balaban J connectivity index is 1.60. The van der Waals surface area contributed by atoms with Gasteiger partial charge in [0.25, 0.3) is 11.7 Å². The van der Waals surface area contributed by atoms with Crippen LogP contribution in [-0.4, -0.2) is 54.0 Å². The molecule has 1 fully saturated rings. The fourth-order valence-corrected chi connectivity index (χ4v) is 4.47. The Morgan fingerprint density at radius 3 is 2.66 bits per heavy atom. The van der Waals surface area contributed by atoms with Crippen LogP contribution in [0.2, 0.25) is 0 Å². The van der Waals surface area contributed by atoms with Crippen LogP contribution in [0.1, 0.15) is 22.9 Å². The van der Waals surface area contributed by atoms with Crippen molar-refractivity contribution in [2.24, 2.45) is 0 Å². The fraction of sp³-hybridized carbons (Fsp3) is 0.222. The van der Waals surface area contributed by atoms with Crippen LogP contribution >= 0.6 is 0 Å². The number of likely N-dealkylation sites (N-methyl/N-ethyl adjacent to an activating group) is 1. The molecule has 8 nitrogen and oxygen atoms in total. The van der Waals surface area contributed by atoms with Gasteiger partial charge in [-0.2, -0.15) is 0 Å². The van der Waals surface area contributed by atoms with E-state index in [1.807, 2.05) is 24.1 Å². The summed E-state index contributed by atoms with van der Waals surface area (Å²) in [6, 6.07) is 17.0. The molecule has 1 N–H and O–H groups in total. The molecule has 3 heterocycles. The number of pyridine rings is 1. The monoisotopic (exact) mass is 471 g/mol. The lowest BCUT2D eigenvalue weighted by atomic mass is 9.97. The summed E-state index contributed by atoms with van der Waals surface area (Å²) in [7, 11) is 3.52. The number of hydrogen-bond donors (Lipinski definition) is 1. The highest BCUT2D eigenvalue weighted by Crippen LogP contribution is 2.41. The highest BCUT2D eigenvalue weighted by molar-refractivity contribution is 6.46. The number of rotatable bonds is 5. The summed E-state index contributed by atoms with van der Waals surface area (Å²) in [5.41, 5.74) is 2.58. The minimum absolute atomic E-state index is 0.0153. The SMILES string of the molecule is COc1ccc(CN2C(=O)C(=O)/C(=C(\O)c3ccc4c(c3)N(C)CCO4)C2c2ccccn2)cc1. The third kappa shape index (κ3) is 4.07. The number of benzene rings is 2. The minimum atomic E-state index is -0.830. The number of carbonyl (C=O) groups is 2. The van der Waals surface area contributed by atoms with Gasteiger partial charge in [0.05, 0.1) is 30.6 Å². The first kappa shape index (κ1) is 22.5. The van der Waals surface area contributed by atoms with Crippen LogP contribution < -0.4 is 14.4 Å². The van der Waals surface area contributed by atoms with Crippen molar-refractivity contribution >= 4 is 23.1 Å². The number of hydrogen-bond acceptors (Lipinski definition) is 7. The van der Waals surface area contributed by atoms with Crippen LogP contribution in [0.25, 0.3) is 5.76 Å². The van der Waals surface area contributed by atoms with Crippen molar-refractivity contribution in [3.05, 3.63) is 89.3 Å². The predicted molar refractivity (Wildman–Crippen MR) is 130 cm³/mol. The quantitative estimate of drug-likeness (QED) is 0.346. The number of likely N-dealkylation sites (tertiary alicyclic amines) is 1. The summed E-state index contributed by atoms with van der Waals surface area (Å²) in [5.74, 6) is -0.265. The minimum Gasteiger partial charge on any atom is -0.507 e. The summed E-state index contributed by atoms with van der Waals surface area (Å²) in [6.07, 6.45) is 1.61. The number of carbonyl (C=O) groups excluding carboxylic acids is 2. The normalized spacial score (nSPS) is 18.9. The van der Waals surface area contributed by atoms with E-state index in [1.54, 1.807) is 61.8 Å². The lowest BCUT2D eigenvalue weighted by Crippen LogP contribution is -2.29. The molecular weight excluding hydrogens is 446 g/mol. The molecule has 0 spiro atoms. The van der Waals surface area contributed by atoms with E-state index in [-0.39, 0.29) is 17.9 Å². The maximum absolute atomic E-state index is 13.3. The molecule has 1 amide bonds. The number of aliphatic hydroxyl groups is 1. The Bertz CT molecular complexity index is 1300. The van der Waals surface area contributed by atoms with E-state index in [2.05, 4.69) is 4.98 Å². The molecule has 2 aliphatic rings. The molecule has 8 heteroatoms. The zero-order valence-corrected chi connectivity index (χ0v) is 19.5. The molecule has 3 aromatic rings. The van der Waals surface area contributed by atoms with Crippen molar-refractivity contribution in [3.8, 4) is 11.5 Å². The van der Waals surface area contributed by atoms with E-state index >= 15 is 0 Å². The highest BCUT2D eigenvalue weighted by atomic mass is 16.5. The van der Waals surface area contributed by atoms with Gasteiger partial charge in [-0.1, -0.05) is 18.2 Å². The first-order chi connectivity index (χ1) is 17.0. The lowest BCUT2D eigenvalue weighted by molar-refractivity contribution is -0.140. The Morgan fingerprint density at radius 2 is 1.94 bits per heavy atom. The maximum Gasteiger partial charge on any atom is 0.296 e. The average molecular weight is 472 g/mol. The molecule has 178 valence electrons. The van der Waals surface area contributed by atoms with Gasteiger partial charge in [0.15, 0.2) is 0 Å². The smallest absolute Gasteiger partial charge is 0.296 e. The standard InChI is InChI=1S/C27H25N3O5/c1-29-13-14-35-22-11-8-18(15-21(22)29)25(31)23-24(20-5-3-4-12-28-20)30(27(33)26(23)32)16-17-6-9-19(34-2)10-7-17/h3-12,15,24,31H,13-14,16H2,1-2H3/b25-23-. The molecule has 1 aromatic heterocycles. The molecule has 2 aliphatic heterocycles. The number of methoxy groups -OCH3 is 1. The molecule has 35 heavy (non-hydrogen) atoms. The Hall–Kier alpha value is -4.33. The van der Waals surface area contributed by atoms with E-state index in [9.17, 15) is 14.7 Å². The van der Waals surface area contributed by atoms with E-state index in [1.165, 1.54) is 4.90 Å². The van der Waals surface area contributed by atoms with E-state index in [0.29, 0.717) is 35.9 Å². The first-order valence-corrected chi connectivity index (χ1v) is 11.3. The average Bonchev–Trinajstić information content (AvgIpc) is 3.14. The third-order valence-corrected chi connectivity index (χ3v) is 6.35. The molecular formula is C27H25N3O5. The zero-order chi connectivity index (χ0) is 24.5. The van der Waals surface area contributed by atoms with Crippen LogP contribution in [0, 0.1) is 0 Å². The maximum atomic E-state index is 13.3. The Labute approximate surface area is 203 Å². The number of aromatic nitrogens is 1. The highest BCUT2D eigenvalue weighted by Gasteiger charge is 2.46. The van der Waals surface area contributed by atoms with Crippen molar-refractivity contribution in [1.29, 1.82) is 0 Å². The molecule has 5 rings (SSSR count).